The Kier molecular flexibility index (Phi) is 4.25. The Bertz CT molecular complexity index is 620. The number of nitrogens with zero attached hydrogens (tertiary/aromatic N) is 2. The number of halogens is 1. The van der Waals surface area contributed by atoms with Gasteiger partial charge in [-0.15, -0.1) is 0 Å². The van der Waals surface area contributed by atoms with Crippen molar-refractivity contribution in [2.75, 3.05) is 0 Å². The summed E-state index contributed by atoms with van der Waals surface area (Å²) in [7, 11) is 0. The van der Waals surface area contributed by atoms with Gasteiger partial charge in [-0.05, 0) is 32.9 Å². The van der Waals surface area contributed by atoms with E-state index < -0.39 is 16.1 Å². The lowest BCUT2D eigenvalue weighted by atomic mass is 10.1. The Morgan fingerprint density at radius 1 is 1.35 bits per heavy atom. The van der Waals surface area contributed by atoms with Crippen LogP contribution in [0.2, 0.25) is 0 Å². The summed E-state index contributed by atoms with van der Waals surface area (Å²) in [6.45, 7) is 5.48. The molecule has 1 aromatic heterocycles. The van der Waals surface area contributed by atoms with Crippen LogP contribution >= 0.6 is 0 Å². The Hall–Kier alpha value is -1.66. The molecule has 0 radical (unpaired) electrons. The number of hydrogen-bond donors (Lipinski definition) is 0. The maximum Gasteiger partial charge on any atom is 0.170 e. The molecule has 0 fully saturated rings. The quantitative estimate of drug-likeness (QED) is 0.644. The molecule has 0 saturated heterocycles. The molecule has 0 bridgehead atoms. The van der Waals surface area contributed by atoms with Crippen LogP contribution in [-0.2, 0) is 11.4 Å². The van der Waals surface area contributed by atoms with Crippen molar-refractivity contribution in [1.29, 1.82) is 0 Å². The monoisotopic (exact) mass is 294 g/mol. The van der Waals surface area contributed by atoms with E-state index in [9.17, 15) is 8.94 Å². The maximum atomic E-state index is 13.6. The molecule has 0 aliphatic rings. The summed E-state index contributed by atoms with van der Waals surface area (Å²) >= 11 is -1.36. The molecule has 2 aromatic rings. The van der Waals surface area contributed by atoms with Gasteiger partial charge in [-0.25, -0.2) is 4.39 Å². The van der Waals surface area contributed by atoms with Crippen molar-refractivity contribution in [3.05, 3.63) is 41.8 Å². The molecule has 2 rings (SSSR count). The Morgan fingerprint density at radius 3 is 2.70 bits per heavy atom. The van der Waals surface area contributed by atoms with Crippen molar-refractivity contribution in [2.24, 2.45) is 4.40 Å². The summed E-state index contributed by atoms with van der Waals surface area (Å²) in [6, 6.07) is 7.82. The molecule has 0 spiro atoms. The smallest absolute Gasteiger partial charge is 0.170 e. The van der Waals surface area contributed by atoms with Crippen LogP contribution in [0.1, 0.15) is 26.5 Å². The predicted octanol–water partition coefficient (Wildman–Crippen LogP) is 3.36. The van der Waals surface area contributed by atoms with E-state index in [2.05, 4.69) is 9.55 Å². The minimum Gasteiger partial charge on any atom is -0.591 e. The summed E-state index contributed by atoms with van der Waals surface area (Å²) in [5, 5.41) is 3.76. The lowest BCUT2D eigenvalue weighted by Crippen LogP contribution is -2.25. The van der Waals surface area contributed by atoms with E-state index in [0.717, 1.165) is 0 Å². The van der Waals surface area contributed by atoms with Crippen molar-refractivity contribution in [3.8, 4) is 11.3 Å². The highest BCUT2D eigenvalue weighted by molar-refractivity contribution is 7.91. The Morgan fingerprint density at radius 2 is 2.05 bits per heavy atom. The van der Waals surface area contributed by atoms with Gasteiger partial charge in [-0.1, -0.05) is 21.7 Å². The fourth-order valence-corrected chi connectivity index (χ4v) is 1.92. The average Bonchev–Trinajstić information content (AvgIpc) is 2.84. The molecule has 106 valence electrons. The van der Waals surface area contributed by atoms with E-state index in [1.165, 1.54) is 12.3 Å². The molecule has 1 heterocycles. The van der Waals surface area contributed by atoms with Crippen LogP contribution in [0.4, 0.5) is 4.39 Å². The lowest BCUT2D eigenvalue weighted by molar-refractivity contribution is 0.429. The highest BCUT2D eigenvalue weighted by atomic mass is 32.2. The van der Waals surface area contributed by atoms with Gasteiger partial charge in [0, 0.05) is 6.07 Å². The van der Waals surface area contributed by atoms with Crippen molar-refractivity contribution >= 4 is 17.6 Å². The topological polar surface area (TPSA) is 61.5 Å². The molecule has 1 atom stereocenters. The van der Waals surface area contributed by atoms with Gasteiger partial charge in [0.1, 0.15) is 33.8 Å². The third-order valence-electron chi connectivity index (χ3n) is 2.47. The van der Waals surface area contributed by atoms with E-state index in [1.54, 1.807) is 24.3 Å². The molecule has 20 heavy (non-hydrogen) atoms. The molecule has 0 aliphatic heterocycles. The van der Waals surface area contributed by atoms with Crippen LogP contribution < -0.4 is 0 Å². The molecule has 0 amide bonds. The first kappa shape index (κ1) is 14.7. The van der Waals surface area contributed by atoms with Gasteiger partial charge in [0.15, 0.2) is 5.76 Å². The number of hydrogen-bond acceptors (Lipinski definition) is 4. The van der Waals surface area contributed by atoms with E-state index in [0.29, 0.717) is 17.0 Å². The van der Waals surface area contributed by atoms with Crippen LogP contribution in [0.5, 0.6) is 0 Å². The van der Waals surface area contributed by atoms with Gasteiger partial charge in [-0.2, -0.15) is 0 Å². The standard InChI is InChI=1S/C14H15FN2O2S/c1-14(2,3)20(18)16-9-10-8-13(19-17-10)11-6-4-5-7-12(11)15/h4-9H,1-3H3. The van der Waals surface area contributed by atoms with Gasteiger partial charge in [0.2, 0.25) is 0 Å². The Labute approximate surface area is 120 Å². The highest BCUT2D eigenvalue weighted by Gasteiger charge is 2.26. The molecular weight excluding hydrogens is 279 g/mol. The van der Waals surface area contributed by atoms with Crippen molar-refractivity contribution < 1.29 is 13.5 Å². The van der Waals surface area contributed by atoms with E-state index in [1.807, 2.05) is 20.8 Å². The van der Waals surface area contributed by atoms with E-state index >= 15 is 0 Å². The minimum absolute atomic E-state index is 0.311. The van der Waals surface area contributed by atoms with Crippen molar-refractivity contribution in [1.82, 2.24) is 5.16 Å². The maximum absolute atomic E-state index is 13.6. The summed E-state index contributed by atoms with van der Waals surface area (Å²) in [5.41, 5.74) is 0.734. The minimum atomic E-state index is -1.36. The molecular formula is C14H15FN2O2S. The van der Waals surface area contributed by atoms with Crippen molar-refractivity contribution in [3.63, 3.8) is 0 Å². The van der Waals surface area contributed by atoms with Crippen LogP contribution in [0, 0.1) is 5.82 Å². The Balaban J connectivity index is 2.18. The van der Waals surface area contributed by atoms with Gasteiger partial charge in [-0.3, -0.25) is 0 Å². The molecule has 1 unspecified atom stereocenters. The molecule has 0 N–H and O–H groups in total. The second kappa shape index (κ2) is 5.76. The third kappa shape index (κ3) is 3.46. The van der Waals surface area contributed by atoms with Crippen LogP contribution in [0.15, 0.2) is 39.3 Å². The summed E-state index contributed by atoms with van der Waals surface area (Å²) in [5.74, 6) is -0.0727. The van der Waals surface area contributed by atoms with Crippen LogP contribution in [0.3, 0.4) is 0 Å². The summed E-state index contributed by atoms with van der Waals surface area (Å²) in [4.78, 5) is 0. The molecule has 0 saturated carbocycles. The second-order valence-electron chi connectivity index (χ2n) is 5.19. The van der Waals surface area contributed by atoms with Crippen LogP contribution in [0.25, 0.3) is 11.3 Å². The number of rotatable bonds is 3. The second-order valence-corrected chi connectivity index (χ2v) is 7.13. The fraction of sp³-hybridized carbons (Fsp3) is 0.286. The first-order chi connectivity index (χ1) is 9.38. The summed E-state index contributed by atoms with van der Waals surface area (Å²) in [6.07, 6.45) is 1.37. The lowest BCUT2D eigenvalue weighted by Gasteiger charge is -2.17. The zero-order valence-corrected chi connectivity index (χ0v) is 12.3. The number of benzene rings is 1. The molecule has 1 aromatic carbocycles. The fourth-order valence-electron chi connectivity index (χ4n) is 1.40. The normalized spacial score (nSPS) is 13.8. The van der Waals surface area contributed by atoms with Gasteiger partial charge in [0.25, 0.3) is 0 Å². The first-order valence-corrected chi connectivity index (χ1v) is 7.16. The van der Waals surface area contributed by atoms with Gasteiger partial charge in [0.05, 0.1) is 5.56 Å². The van der Waals surface area contributed by atoms with Gasteiger partial charge >= 0.3 is 0 Å². The SMILES string of the molecule is CC(C)(C)[S+]([O-])N=Cc1cc(-c2ccccc2F)on1. The molecule has 0 aliphatic carbocycles. The summed E-state index contributed by atoms with van der Waals surface area (Å²) < 4.78 is 33.9. The first-order valence-electron chi connectivity index (χ1n) is 6.05. The zero-order chi connectivity index (χ0) is 14.8. The van der Waals surface area contributed by atoms with Crippen molar-refractivity contribution in [2.45, 2.75) is 25.5 Å². The van der Waals surface area contributed by atoms with E-state index in [4.69, 9.17) is 4.52 Å². The molecule has 6 heteroatoms. The van der Waals surface area contributed by atoms with E-state index in [-0.39, 0.29) is 5.82 Å². The largest absolute Gasteiger partial charge is 0.591 e. The number of aromatic nitrogens is 1. The third-order valence-corrected chi connectivity index (χ3v) is 3.82. The zero-order valence-electron chi connectivity index (χ0n) is 11.5. The predicted molar refractivity (Wildman–Crippen MR) is 77.4 cm³/mol. The van der Waals surface area contributed by atoms with Crippen LogP contribution in [-0.4, -0.2) is 20.7 Å². The average molecular weight is 294 g/mol. The van der Waals surface area contributed by atoms with Gasteiger partial charge < -0.3 is 9.08 Å². The highest BCUT2D eigenvalue weighted by Crippen LogP contribution is 2.23. The molecule has 4 nitrogen and oxygen atoms in total.